The maximum Gasteiger partial charge on any atom is 0.317 e. The van der Waals surface area contributed by atoms with Gasteiger partial charge in [0, 0.05) is 39.6 Å². The summed E-state index contributed by atoms with van der Waals surface area (Å²) in [6, 6.07) is 10.3. The first kappa shape index (κ1) is 17.8. The van der Waals surface area contributed by atoms with Crippen molar-refractivity contribution in [2.24, 2.45) is 11.8 Å². The molecule has 5 nitrogen and oxygen atoms in total. The summed E-state index contributed by atoms with van der Waals surface area (Å²) in [5.41, 5.74) is 1.25. The van der Waals surface area contributed by atoms with Gasteiger partial charge >= 0.3 is 6.03 Å². The maximum absolute atomic E-state index is 12.4. The second-order valence-electron chi connectivity index (χ2n) is 7.31. The summed E-state index contributed by atoms with van der Waals surface area (Å²) < 4.78 is 0. The number of nitrogens with zero attached hydrogens (tertiary/aromatic N) is 2. The lowest BCUT2D eigenvalue weighted by Gasteiger charge is -2.34. The van der Waals surface area contributed by atoms with Gasteiger partial charge in [-0.3, -0.25) is 4.79 Å². The van der Waals surface area contributed by atoms with Crippen LogP contribution in [-0.2, 0) is 11.2 Å². The molecule has 0 spiro atoms. The molecule has 136 valence electrons. The fraction of sp³-hybridized carbons (Fsp3) is 0.600. The fourth-order valence-electron chi connectivity index (χ4n) is 4.11. The molecule has 3 amide bonds. The third-order valence-electron chi connectivity index (χ3n) is 5.70. The molecule has 1 unspecified atom stereocenters. The highest BCUT2D eigenvalue weighted by Gasteiger charge is 2.33. The Kier molecular flexibility index (Phi) is 5.95. The van der Waals surface area contributed by atoms with Crippen LogP contribution >= 0.6 is 0 Å². The van der Waals surface area contributed by atoms with Gasteiger partial charge in [-0.05, 0) is 43.1 Å². The van der Waals surface area contributed by atoms with E-state index in [1.54, 1.807) is 6.92 Å². The molecule has 2 aliphatic rings. The van der Waals surface area contributed by atoms with Crippen LogP contribution < -0.4 is 5.32 Å². The highest BCUT2D eigenvalue weighted by atomic mass is 16.2. The first-order valence-electron chi connectivity index (χ1n) is 9.45. The fourth-order valence-corrected chi connectivity index (χ4v) is 4.11. The number of benzene rings is 1. The Morgan fingerprint density at radius 1 is 1.00 bits per heavy atom. The lowest BCUT2D eigenvalue weighted by atomic mass is 9.84. The predicted molar refractivity (Wildman–Crippen MR) is 98.2 cm³/mol. The van der Waals surface area contributed by atoms with Gasteiger partial charge in [0.2, 0.25) is 5.91 Å². The van der Waals surface area contributed by atoms with E-state index in [-0.39, 0.29) is 11.9 Å². The molecule has 1 N–H and O–H groups in total. The number of carbonyl (C=O) groups is 2. The zero-order chi connectivity index (χ0) is 17.6. The van der Waals surface area contributed by atoms with Crippen LogP contribution in [0.4, 0.5) is 4.79 Å². The van der Waals surface area contributed by atoms with Crippen molar-refractivity contribution in [3.05, 3.63) is 35.9 Å². The van der Waals surface area contributed by atoms with Crippen molar-refractivity contribution in [1.29, 1.82) is 0 Å². The smallest absolute Gasteiger partial charge is 0.317 e. The minimum Gasteiger partial charge on any atom is -0.343 e. The van der Waals surface area contributed by atoms with Crippen molar-refractivity contribution in [3.63, 3.8) is 0 Å². The van der Waals surface area contributed by atoms with E-state index in [2.05, 4.69) is 17.4 Å². The molecule has 0 bridgehead atoms. The van der Waals surface area contributed by atoms with Gasteiger partial charge in [-0.2, -0.15) is 0 Å². The molecule has 25 heavy (non-hydrogen) atoms. The lowest BCUT2D eigenvalue weighted by Crippen LogP contribution is -2.41. The molecule has 0 aromatic heterocycles. The van der Waals surface area contributed by atoms with Gasteiger partial charge in [0.1, 0.15) is 0 Å². The molecule has 3 rings (SSSR count). The van der Waals surface area contributed by atoms with Gasteiger partial charge < -0.3 is 15.1 Å². The first-order valence-corrected chi connectivity index (χ1v) is 9.45. The molecule has 1 aromatic rings. The normalized spacial score (nSPS) is 21.4. The summed E-state index contributed by atoms with van der Waals surface area (Å²) >= 11 is 0. The number of nitrogens with one attached hydrogen (secondary N) is 1. The van der Waals surface area contributed by atoms with Gasteiger partial charge in [0.05, 0.1) is 0 Å². The van der Waals surface area contributed by atoms with Crippen LogP contribution in [0.2, 0.25) is 0 Å². The van der Waals surface area contributed by atoms with Crippen molar-refractivity contribution in [3.8, 4) is 0 Å². The molecule has 0 aliphatic carbocycles. The van der Waals surface area contributed by atoms with Crippen molar-refractivity contribution >= 4 is 11.9 Å². The number of hydrogen-bond donors (Lipinski definition) is 1. The van der Waals surface area contributed by atoms with Crippen molar-refractivity contribution in [1.82, 2.24) is 15.1 Å². The number of hydrogen-bond acceptors (Lipinski definition) is 2. The predicted octanol–water partition coefficient (Wildman–Crippen LogP) is 2.52. The van der Waals surface area contributed by atoms with Crippen LogP contribution in [0.15, 0.2) is 30.3 Å². The Balaban J connectivity index is 1.39. The molecule has 2 saturated heterocycles. The maximum atomic E-state index is 12.4. The third-order valence-corrected chi connectivity index (χ3v) is 5.70. The van der Waals surface area contributed by atoms with E-state index in [9.17, 15) is 9.59 Å². The monoisotopic (exact) mass is 343 g/mol. The summed E-state index contributed by atoms with van der Waals surface area (Å²) in [5, 5.41) is 3.05. The summed E-state index contributed by atoms with van der Waals surface area (Å²) in [6.45, 7) is 5.80. The second kappa shape index (κ2) is 8.37. The van der Waals surface area contributed by atoms with Crippen molar-refractivity contribution in [2.75, 3.05) is 32.7 Å². The topological polar surface area (TPSA) is 52.7 Å². The Bertz CT molecular complexity index is 582. The Hall–Kier alpha value is -2.04. The molecule has 2 aliphatic heterocycles. The van der Waals surface area contributed by atoms with E-state index in [1.807, 2.05) is 28.0 Å². The van der Waals surface area contributed by atoms with E-state index < -0.39 is 0 Å². The summed E-state index contributed by atoms with van der Waals surface area (Å²) in [7, 11) is 0. The SMILES string of the molecule is CC(=O)N1CCC(C2CCN(C(=O)NCCc3ccccc3)C2)CC1. The van der Waals surface area contributed by atoms with E-state index in [0.717, 1.165) is 51.9 Å². The molecule has 0 radical (unpaired) electrons. The first-order chi connectivity index (χ1) is 12.1. The summed E-state index contributed by atoms with van der Waals surface area (Å²) in [4.78, 5) is 27.7. The van der Waals surface area contributed by atoms with E-state index in [4.69, 9.17) is 0 Å². The lowest BCUT2D eigenvalue weighted by molar-refractivity contribution is -0.130. The highest BCUT2D eigenvalue weighted by molar-refractivity contribution is 5.74. The van der Waals surface area contributed by atoms with Gasteiger partial charge in [-0.1, -0.05) is 30.3 Å². The van der Waals surface area contributed by atoms with Gasteiger partial charge in [-0.15, -0.1) is 0 Å². The Labute approximate surface area is 150 Å². The second-order valence-corrected chi connectivity index (χ2v) is 7.31. The Morgan fingerprint density at radius 2 is 1.64 bits per heavy atom. The largest absolute Gasteiger partial charge is 0.343 e. The number of carbonyl (C=O) groups excluding carboxylic acids is 2. The van der Waals surface area contributed by atoms with Gasteiger partial charge in [0.25, 0.3) is 0 Å². The summed E-state index contributed by atoms with van der Waals surface area (Å²) in [5.74, 6) is 1.43. The van der Waals surface area contributed by atoms with Crippen LogP contribution in [0.1, 0.15) is 31.7 Å². The average Bonchev–Trinajstić information content (AvgIpc) is 3.13. The van der Waals surface area contributed by atoms with Crippen molar-refractivity contribution < 1.29 is 9.59 Å². The number of likely N-dealkylation sites (tertiary alicyclic amines) is 2. The van der Waals surface area contributed by atoms with Gasteiger partial charge in [-0.25, -0.2) is 4.79 Å². The summed E-state index contributed by atoms with van der Waals surface area (Å²) in [6.07, 6.45) is 4.12. The van der Waals surface area contributed by atoms with Crippen LogP contribution in [-0.4, -0.2) is 54.5 Å². The molecule has 2 fully saturated rings. The van der Waals surface area contributed by atoms with E-state index >= 15 is 0 Å². The molecule has 0 saturated carbocycles. The molecular formula is C20H29N3O2. The average molecular weight is 343 g/mol. The van der Waals surface area contributed by atoms with E-state index in [1.165, 1.54) is 5.56 Å². The van der Waals surface area contributed by atoms with Crippen LogP contribution in [0.3, 0.4) is 0 Å². The van der Waals surface area contributed by atoms with Crippen LogP contribution in [0.5, 0.6) is 0 Å². The number of urea groups is 1. The van der Waals surface area contributed by atoms with Crippen molar-refractivity contribution in [2.45, 2.75) is 32.6 Å². The minimum atomic E-state index is 0.0691. The quantitative estimate of drug-likeness (QED) is 0.913. The Morgan fingerprint density at radius 3 is 2.32 bits per heavy atom. The molecular weight excluding hydrogens is 314 g/mol. The van der Waals surface area contributed by atoms with Crippen LogP contribution in [0, 0.1) is 11.8 Å². The highest BCUT2D eigenvalue weighted by Crippen LogP contribution is 2.31. The van der Waals surface area contributed by atoms with Gasteiger partial charge in [0.15, 0.2) is 0 Å². The zero-order valence-electron chi connectivity index (χ0n) is 15.1. The molecule has 5 heteroatoms. The standard InChI is InChI=1S/C20H29N3O2/c1-16(24)22-12-8-18(9-13-22)19-10-14-23(15-19)20(25)21-11-7-17-5-3-2-4-6-17/h2-6,18-19H,7-15H2,1H3,(H,21,25). The zero-order valence-corrected chi connectivity index (χ0v) is 15.1. The van der Waals surface area contributed by atoms with Crippen LogP contribution in [0.25, 0.3) is 0 Å². The number of piperidine rings is 1. The number of rotatable bonds is 4. The molecule has 1 atom stereocenters. The minimum absolute atomic E-state index is 0.0691. The molecule has 2 heterocycles. The molecule has 1 aromatic carbocycles. The number of amides is 3. The van der Waals surface area contributed by atoms with E-state index in [0.29, 0.717) is 18.4 Å². The third kappa shape index (κ3) is 4.74.